The molecule has 0 aliphatic carbocycles. The molecule has 2 atom stereocenters. The third-order valence-electron chi connectivity index (χ3n) is 8.09. The highest BCUT2D eigenvalue weighted by Gasteiger charge is 2.21. The highest BCUT2D eigenvalue weighted by Crippen LogP contribution is 2.28. The summed E-state index contributed by atoms with van der Waals surface area (Å²) < 4.78 is 6.69. The monoisotopic (exact) mass is 525 g/mol. The van der Waals surface area contributed by atoms with Crippen LogP contribution in [0.15, 0.2) is 0 Å². The third-order valence-corrected chi connectivity index (χ3v) is 8.09. The van der Waals surface area contributed by atoms with Crippen molar-refractivity contribution < 1.29 is 14.6 Å². The highest BCUT2D eigenvalue weighted by atomic mass is 16.5. The second-order valence-electron chi connectivity index (χ2n) is 11.8. The summed E-state index contributed by atoms with van der Waals surface area (Å²) in [6.07, 6.45) is 34.6. The van der Waals surface area contributed by atoms with Gasteiger partial charge in [-0.2, -0.15) is 0 Å². The van der Waals surface area contributed by atoms with Gasteiger partial charge in [-0.25, -0.2) is 0 Å². The molecule has 0 saturated carbocycles. The van der Waals surface area contributed by atoms with E-state index < -0.39 is 5.97 Å². The average Bonchev–Trinajstić information content (AvgIpc) is 2.89. The molecular weight excluding hydrogens is 456 g/mol. The van der Waals surface area contributed by atoms with Crippen LogP contribution in [0.1, 0.15) is 194 Å². The number of carbonyl (C=O) groups is 1. The summed E-state index contributed by atoms with van der Waals surface area (Å²) in [6.45, 7) is 7.83. The van der Waals surface area contributed by atoms with Gasteiger partial charge in [0.1, 0.15) is 0 Å². The molecule has 0 saturated heterocycles. The van der Waals surface area contributed by atoms with Crippen LogP contribution in [-0.4, -0.2) is 23.8 Å². The predicted molar refractivity (Wildman–Crippen MR) is 163 cm³/mol. The van der Waals surface area contributed by atoms with E-state index in [0.29, 0.717) is 18.4 Å². The van der Waals surface area contributed by atoms with E-state index in [-0.39, 0.29) is 0 Å². The van der Waals surface area contributed by atoms with Crippen LogP contribution < -0.4 is 0 Å². The first kappa shape index (κ1) is 36.4. The van der Waals surface area contributed by atoms with Crippen LogP contribution in [0, 0.1) is 5.92 Å². The van der Waals surface area contributed by atoms with Crippen LogP contribution >= 0.6 is 0 Å². The van der Waals surface area contributed by atoms with Crippen LogP contribution in [0.25, 0.3) is 0 Å². The van der Waals surface area contributed by atoms with Crippen molar-refractivity contribution in [1.82, 2.24) is 0 Å². The van der Waals surface area contributed by atoms with Crippen molar-refractivity contribution in [2.45, 2.75) is 200 Å². The first-order valence-corrected chi connectivity index (χ1v) is 17.0. The summed E-state index contributed by atoms with van der Waals surface area (Å²) in [5, 5.41) is 8.86. The Morgan fingerprint density at radius 2 is 0.892 bits per heavy atom. The first-order valence-electron chi connectivity index (χ1n) is 17.0. The Balaban J connectivity index is 4.71. The first-order chi connectivity index (χ1) is 18.2. The summed E-state index contributed by atoms with van der Waals surface area (Å²) >= 11 is 0. The highest BCUT2D eigenvalue weighted by molar-refractivity contribution is 5.66. The quantitative estimate of drug-likeness (QED) is 0.0917. The fourth-order valence-corrected chi connectivity index (χ4v) is 5.61. The van der Waals surface area contributed by atoms with Gasteiger partial charge in [-0.05, 0) is 38.0 Å². The molecular formula is C34H68O3. The van der Waals surface area contributed by atoms with Crippen molar-refractivity contribution >= 4 is 5.97 Å². The normalized spacial score (nSPS) is 13.2. The van der Waals surface area contributed by atoms with E-state index in [1.165, 1.54) is 154 Å². The van der Waals surface area contributed by atoms with Crippen LogP contribution in [0.4, 0.5) is 0 Å². The Morgan fingerprint density at radius 1 is 0.514 bits per heavy atom. The number of hydrogen-bond acceptors (Lipinski definition) is 2. The fourth-order valence-electron chi connectivity index (χ4n) is 5.61. The maximum Gasteiger partial charge on any atom is 0.303 e. The van der Waals surface area contributed by atoms with Gasteiger partial charge in [-0.1, -0.05) is 156 Å². The van der Waals surface area contributed by atoms with Gasteiger partial charge in [0.25, 0.3) is 0 Å². The standard InChI is InChI=1S/C34H68O3/c1-4-7-10-13-17-22-27-32(28-23-18-16-20-25-30-34(35)36)33(29-24-19-14-11-8-5-2)37-31-26-21-15-12-9-6-3/h32-33H,4-31H2,1-3H3,(H,35,36). The Kier molecular flexibility index (Phi) is 29.5. The van der Waals surface area contributed by atoms with Crippen LogP contribution in [0.3, 0.4) is 0 Å². The largest absolute Gasteiger partial charge is 0.481 e. The van der Waals surface area contributed by atoms with E-state index in [0.717, 1.165) is 19.4 Å². The lowest BCUT2D eigenvalue weighted by Gasteiger charge is -2.28. The van der Waals surface area contributed by atoms with Gasteiger partial charge < -0.3 is 9.84 Å². The second-order valence-corrected chi connectivity index (χ2v) is 11.8. The lowest BCUT2D eigenvalue weighted by Crippen LogP contribution is -2.25. The maximum absolute atomic E-state index is 10.8. The van der Waals surface area contributed by atoms with Crippen molar-refractivity contribution in [3.63, 3.8) is 0 Å². The lowest BCUT2D eigenvalue weighted by atomic mass is 9.87. The van der Waals surface area contributed by atoms with Gasteiger partial charge in [-0.3, -0.25) is 4.79 Å². The minimum atomic E-state index is -0.654. The van der Waals surface area contributed by atoms with Gasteiger partial charge in [0, 0.05) is 13.0 Å². The van der Waals surface area contributed by atoms with Gasteiger partial charge in [0.05, 0.1) is 6.10 Å². The molecule has 0 radical (unpaired) electrons. The minimum Gasteiger partial charge on any atom is -0.481 e. The van der Waals surface area contributed by atoms with Gasteiger partial charge in [0.2, 0.25) is 0 Å². The predicted octanol–water partition coefficient (Wildman–Crippen LogP) is 11.7. The lowest BCUT2D eigenvalue weighted by molar-refractivity contribution is -0.137. The summed E-state index contributed by atoms with van der Waals surface area (Å²) in [7, 11) is 0. The van der Waals surface area contributed by atoms with Crippen molar-refractivity contribution in [2.75, 3.05) is 6.61 Å². The third kappa shape index (κ3) is 26.8. The molecule has 3 nitrogen and oxygen atoms in total. The Morgan fingerprint density at radius 3 is 1.35 bits per heavy atom. The number of ether oxygens (including phenoxy) is 1. The SMILES string of the molecule is CCCCCCCCOC(CCCCCCCC)C(CCCCCCCC)CCCCCCCC(=O)O. The van der Waals surface area contributed by atoms with E-state index in [1.54, 1.807) is 0 Å². The van der Waals surface area contributed by atoms with Gasteiger partial charge in [0.15, 0.2) is 0 Å². The maximum atomic E-state index is 10.8. The number of carboxylic acids is 1. The molecule has 0 heterocycles. The molecule has 0 aliphatic heterocycles. The zero-order chi connectivity index (χ0) is 27.2. The van der Waals surface area contributed by atoms with Gasteiger partial charge in [-0.15, -0.1) is 0 Å². The molecule has 0 aromatic rings. The van der Waals surface area contributed by atoms with Crippen LogP contribution in [0.2, 0.25) is 0 Å². The molecule has 37 heavy (non-hydrogen) atoms. The molecule has 0 aromatic carbocycles. The number of carboxylic acid groups (broad SMARTS) is 1. The van der Waals surface area contributed by atoms with E-state index >= 15 is 0 Å². The van der Waals surface area contributed by atoms with E-state index in [9.17, 15) is 4.79 Å². The second kappa shape index (κ2) is 30.0. The minimum absolute atomic E-state index is 0.327. The molecule has 1 N–H and O–H groups in total. The zero-order valence-corrected chi connectivity index (χ0v) is 25.7. The molecule has 0 rings (SSSR count). The number of unbranched alkanes of at least 4 members (excludes halogenated alkanes) is 19. The van der Waals surface area contributed by atoms with Crippen molar-refractivity contribution in [3.8, 4) is 0 Å². The number of hydrogen-bond donors (Lipinski definition) is 1. The van der Waals surface area contributed by atoms with Crippen LogP contribution in [0.5, 0.6) is 0 Å². The molecule has 3 heteroatoms. The number of aliphatic carboxylic acids is 1. The summed E-state index contributed by atoms with van der Waals surface area (Å²) in [5.41, 5.74) is 0. The Bertz CT molecular complexity index is 450. The molecule has 0 bridgehead atoms. The van der Waals surface area contributed by atoms with Crippen molar-refractivity contribution in [3.05, 3.63) is 0 Å². The van der Waals surface area contributed by atoms with Crippen LogP contribution in [-0.2, 0) is 9.53 Å². The smallest absolute Gasteiger partial charge is 0.303 e. The molecule has 0 aromatic heterocycles. The van der Waals surface area contributed by atoms with E-state index in [2.05, 4.69) is 20.8 Å². The summed E-state index contributed by atoms with van der Waals surface area (Å²) in [5.74, 6) is 0.0555. The fraction of sp³-hybridized carbons (Fsp3) is 0.971. The molecule has 0 amide bonds. The van der Waals surface area contributed by atoms with E-state index in [1.807, 2.05) is 0 Å². The Hall–Kier alpha value is -0.570. The number of rotatable bonds is 31. The van der Waals surface area contributed by atoms with E-state index in [4.69, 9.17) is 9.84 Å². The summed E-state index contributed by atoms with van der Waals surface area (Å²) in [6, 6.07) is 0. The molecule has 2 unspecified atom stereocenters. The Labute approximate surface area is 233 Å². The molecule has 222 valence electrons. The summed E-state index contributed by atoms with van der Waals surface area (Å²) in [4.78, 5) is 10.8. The zero-order valence-electron chi connectivity index (χ0n) is 25.7. The topological polar surface area (TPSA) is 46.5 Å². The molecule has 0 spiro atoms. The molecule has 0 fully saturated rings. The average molecular weight is 525 g/mol. The van der Waals surface area contributed by atoms with Crippen molar-refractivity contribution in [2.24, 2.45) is 5.92 Å². The van der Waals surface area contributed by atoms with Crippen molar-refractivity contribution in [1.29, 1.82) is 0 Å². The van der Waals surface area contributed by atoms with Gasteiger partial charge >= 0.3 is 5.97 Å². The molecule has 0 aliphatic rings.